The number of carbonyl (C=O) groups is 1. The molecule has 0 atom stereocenters. The molecule has 32 heavy (non-hydrogen) atoms. The number of hydrogen-bond donors (Lipinski definition) is 1. The Hall–Kier alpha value is -3.27. The number of carbonyl (C=O) groups excluding carboxylic acids is 1. The first-order valence-electron chi connectivity index (χ1n) is 11.4. The molecule has 0 radical (unpaired) electrons. The van der Waals surface area contributed by atoms with Crippen molar-refractivity contribution in [2.24, 2.45) is 0 Å². The van der Waals surface area contributed by atoms with Crippen LogP contribution < -0.4 is 10.1 Å². The van der Waals surface area contributed by atoms with E-state index in [0.29, 0.717) is 12.3 Å². The van der Waals surface area contributed by atoms with E-state index in [1.165, 1.54) is 30.4 Å². The molecule has 166 valence electrons. The van der Waals surface area contributed by atoms with Gasteiger partial charge in [0.25, 0.3) is 0 Å². The molecule has 3 aromatic rings. The number of furan rings is 1. The highest BCUT2D eigenvalue weighted by Crippen LogP contribution is 2.37. The fourth-order valence-electron chi connectivity index (χ4n) is 4.29. The molecule has 0 spiro atoms. The van der Waals surface area contributed by atoms with E-state index in [2.05, 4.69) is 48.6 Å². The molecule has 0 saturated heterocycles. The molecular formula is C28H31NO3. The number of methoxy groups -OCH3 is 1. The molecule has 1 heterocycles. The Bertz CT molecular complexity index is 1170. The van der Waals surface area contributed by atoms with Crippen LogP contribution in [0.25, 0.3) is 27.7 Å². The van der Waals surface area contributed by atoms with Gasteiger partial charge >= 0.3 is 0 Å². The highest BCUT2D eigenvalue weighted by molar-refractivity contribution is 6.00. The average molecular weight is 430 g/mol. The largest absolute Gasteiger partial charge is 0.496 e. The Kier molecular flexibility index (Phi) is 6.79. The van der Waals surface area contributed by atoms with Crippen molar-refractivity contribution in [3.8, 4) is 16.9 Å². The predicted molar refractivity (Wildman–Crippen MR) is 131 cm³/mol. The SMILES string of the molecule is COc1cc2occ(-c3ccc(C)cc3)c2cc1/C(C)=C/C(=O)NCCC1=CCCCC1. The first kappa shape index (κ1) is 21.9. The van der Waals surface area contributed by atoms with Gasteiger partial charge < -0.3 is 14.5 Å². The Morgan fingerprint density at radius 1 is 1.19 bits per heavy atom. The van der Waals surface area contributed by atoms with Gasteiger partial charge in [-0.15, -0.1) is 0 Å². The van der Waals surface area contributed by atoms with E-state index in [-0.39, 0.29) is 5.91 Å². The number of amides is 1. The van der Waals surface area contributed by atoms with Crippen molar-refractivity contribution < 1.29 is 13.9 Å². The Balaban J connectivity index is 1.56. The van der Waals surface area contributed by atoms with Crippen LogP contribution in [0.15, 0.2) is 64.8 Å². The van der Waals surface area contributed by atoms with Gasteiger partial charge in [-0.3, -0.25) is 4.79 Å². The summed E-state index contributed by atoms with van der Waals surface area (Å²) in [6.07, 6.45) is 11.6. The molecule has 4 nitrogen and oxygen atoms in total. The number of hydrogen-bond acceptors (Lipinski definition) is 3. The van der Waals surface area contributed by atoms with Gasteiger partial charge in [-0.2, -0.15) is 0 Å². The average Bonchev–Trinajstić information content (AvgIpc) is 3.22. The summed E-state index contributed by atoms with van der Waals surface area (Å²) in [5, 5.41) is 4.03. The monoisotopic (exact) mass is 429 g/mol. The molecule has 2 aromatic carbocycles. The topological polar surface area (TPSA) is 51.5 Å². The van der Waals surface area contributed by atoms with Gasteiger partial charge in [-0.1, -0.05) is 41.5 Å². The molecule has 1 aromatic heterocycles. The number of allylic oxidation sites excluding steroid dienone is 2. The van der Waals surface area contributed by atoms with Crippen LogP contribution in [0, 0.1) is 6.92 Å². The van der Waals surface area contributed by atoms with Crippen molar-refractivity contribution in [2.45, 2.75) is 46.0 Å². The van der Waals surface area contributed by atoms with Crippen LogP contribution in [0.2, 0.25) is 0 Å². The van der Waals surface area contributed by atoms with E-state index in [0.717, 1.165) is 46.1 Å². The van der Waals surface area contributed by atoms with Crippen LogP contribution in [-0.4, -0.2) is 19.6 Å². The van der Waals surface area contributed by atoms with Crippen molar-refractivity contribution in [3.05, 3.63) is 71.5 Å². The summed E-state index contributed by atoms with van der Waals surface area (Å²) >= 11 is 0. The Morgan fingerprint density at radius 3 is 2.72 bits per heavy atom. The first-order chi connectivity index (χ1) is 15.5. The molecule has 0 aliphatic heterocycles. The van der Waals surface area contributed by atoms with Crippen LogP contribution in [0.1, 0.15) is 50.2 Å². The molecule has 0 fully saturated rings. The lowest BCUT2D eigenvalue weighted by Crippen LogP contribution is -2.23. The van der Waals surface area contributed by atoms with Gasteiger partial charge in [-0.25, -0.2) is 0 Å². The Morgan fingerprint density at radius 2 is 2.00 bits per heavy atom. The minimum absolute atomic E-state index is 0.0768. The van der Waals surface area contributed by atoms with Crippen molar-refractivity contribution in [1.82, 2.24) is 5.32 Å². The molecule has 0 bridgehead atoms. The van der Waals surface area contributed by atoms with Crippen LogP contribution in [0.5, 0.6) is 5.75 Å². The minimum Gasteiger partial charge on any atom is -0.496 e. The summed E-state index contributed by atoms with van der Waals surface area (Å²) in [5.41, 5.74) is 7.32. The third kappa shape index (κ3) is 4.96. The van der Waals surface area contributed by atoms with E-state index >= 15 is 0 Å². The van der Waals surface area contributed by atoms with E-state index < -0.39 is 0 Å². The Labute approximate surface area is 190 Å². The molecule has 4 heteroatoms. The highest BCUT2D eigenvalue weighted by Gasteiger charge is 2.15. The number of rotatable bonds is 7. The van der Waals surface area contributed by atoms with E-state index in [1.807, 2.05) is 13.0 Å². The number of aryl methyl sites for hydroxylation is 1. The molecule has 1 aliphatic carbocycles. The summed E-state index contributed by atoms with van der Waals surface area (Å²) in [6, 6.07) is 12.3. The maximum absolute atomic E-state index is 12.5. The zero-order valence-corrected chi connectivity index (χ0v) is 19.2. The first-order valence-corrected chi connectivity index (χ1v) is 11.4. The zero-order chi connectivity index (χ0) is 22.5. The van der Waals surface area contributed by atoms with Gasteiger partial charge in [0.15, 0.2) is 0 Å². The summed E-state index contributed by atoms with van der Waals surface area (Å²) in [4.78, 5) is 12.5. The second kappa shape index (κ2) is 9.90. The lowest BCUT2D eigenvalue weighted by Gasteiger charge is -2.13. The quantitative estimate of drug-likeness (QED) is 0.331. The standard InChI is InChI=1S/C28H31NO3/c1-19-9-11-22(12-10-19)25-18-32-27-17-26(31-3)23(16-24(25)27)20(2)15-28(30)29-14-13-21-7-5-4-6-8-21/h7,9-12,15-18H,4-6,8,13-14H2,1-3H3,(H,29,30)/b20-15+. The summed E-state index contributed by atoms with van der Waals surface area (Å²) in [6.45, 7) is 4.69. The van der Waals surface area contributed by atoms with Gasteiger partial charge in [0.05, 0.1) is 13.4 Å². The maximum atomic E-state index is 12.5. The lowest BCUT2D eigenvalue weighted by atomic mass is 9.97. The third-order valence-electron chi connectivity index (χ3n) is 6.16. The fraction of sp³-hybridized carbons (Fsp3) is 0.321. The number of ether oxygens (including phenoxy) is 1. The van der Waals surface area contributed by atoms with Crippen molar-refractivity contribution in [3.63, 3.8) is 0 Å². The van der Waals surface area contributed by atoms with Gasteiger partial charge in [0, 0.05) is 35.2 Å². The van der Waals surface area contributed by atoms with Crippen LogP contribution in [-0.2, 0) is 4.79 Å². The van der Waals surface area contributed by atoms with Crippen molar-refractivity contribution in [2.75, 3.05) is 13.7 Å². The molecule has 0 saturated carbocycles. The maximum Gasteiger partial charge on any atom is 0.244 e. The smallest absolute Gasteiger partial charge is 0.244 e. The van der Waals surface area contributed by atoms with Gasteiger partial charge in [0.1, 0.15) is 11.3 Å². The van der Waals surface area contributed by atoms with Gasteiger partial charge in [0.2, 0.25) is 5.91 Å². The van der Waals surface area contributed by atoms with E-state index in [1.54, 1.807) is 19.4 Å². The summed E-state index contributed by atoms with van der Waals surface area (Å²) in [5.74, 6) is 0.614. The van der Waals surface area contributed by atoms with Crippen LogP contribution in [0.4, 0.5) is 0 Å². The second-order valence-corrected chi connectivity index (χ2v) is 8.54. The van der Waals surface area contributed by atoms with Gasteiger partial charge in [-0.05, 0) is 63.2 Å². The number of nitrogens with one attached hydrogen (secondary N) is 1. The molecule has 0 unspecified atom stereocenters. The van der Waals surface area contributed by atoms with E-state index in [4.69, 9.17) is 9.15 Å². The molecule has 4 rings (SSSR count). The summed E-state index contributed by atoms with van der Waals surface area (Å²) in [7, 11) is 1.64. The zero-order valence-electron chi connectivity index (χ0n) is 19.2. The molecular weight excluding hydrogens is 398 g/mol. The van der Waals surface area contributed by atoms with Crippen molar-refractivity contribution >= 4 is 22.4 Å². The fourth-order valence-corrected chi connectivity index (χ4v) is 4.29. The highest BCUT2D eigenvalue weighted by atomic mass is 16.5. The predicted octanol–water partition coefficient (Wildman–Crippen LogP) is 6.83. The second-order valence-electron chi connectivity index (χ2n) is 8.54. The van der Waals surface area contributed by atoms with E-state index in [9.17, 15) is 4.79 Å². The normalized spacial score (nSPS) is 14.3. The third-order valence-corrected chi connectivity index (χ3v) is 6.16. The number of fused-ring (bicyclic) bond motifs is 1. The van der Waals surface area contributed by atoms with Crippen molar-refractivity contribution in [1.29, 1.82) is 0 Å². The van der Waals surface area contributed by atoms with Crippen LogP contribution >= 0.6 is 0 Å². The lowest BCUT2D eigenvalue weighted by molar-refractivity contribution is -0.116. The molecule has 1 amide bonds. The molecule has 1 aliphatic rings. The number of benzene rings is 2. The summed E-state index contributed by atoms with van der Waals surface area (Å²) < 4.78 is 11.4. The molecule has 1 N–H and O–H groups in total. The minimum atomic E-state index is -0.0768. The van der Waals surface area contributed by atoms with Crippen LogP contribution in [0.3, 0.4) is 0 Å².